The van der Waals surface area contributed by atoms with E-state index in [1.807, 2.05) is 6.42 Å². The van der Waals surface area contributed by atoms with Crippen LogP contribution in [0, 0.1) is 11.8 Å². The molecule has 2 N–H and O–H groups in total. The van der Waals surface area contributed by atoms with Crippen LogP contribution in [0.4, 0.5) is 0 Å². The summed E-state index contributed by atoms with van der Waals surface area (Å²) in [5, 5.41) is 4.92. The molecule has 1 radical (unpaired) electrons. The number of hydrogen-bond donors (Lipinski definition) is 1. The van der Waals surface area contributed by atoms with Crippen LogP contribution >= 0.6 is 0 Å². The van der Waals surface area contributed by atoms with Gasteiger partial charge in [-0.25, -0.2) is 18.5 Å². The number of hydrogen-bond acceptors (Lipinski definition) is 3. The van der Waals surface area contributed by atoms with Crippen molar-refractivity contribution in [1.29, 1.82) is 0 Å². The third-order valence-corrected chi connectivity index (χ3v) is 2.77. The minimum atomic E-state index is -3.71. The smallest absolute Gasteiger partial charge is 0.240 e. The van der Waals surface area contributed by atoms with Crippen LogP contribution in [0.2, 0.25) is 0 Å². The van der Waals surface area contributed by atoms with E-state index < -0.39 is 10.0 Å². The Hall–Kier alpha value is -0.940. The van der Waals surface area contributed by atoms with E-state index in [9.17, 15) is 8.42 Å². The van der Waals surface area contributed by atoms with E-state index in [2.05, 4.69) is 25.8 Å². The van der Waals surface area contributed by atoms with Crippen molar-refractivity contribution < 1.29 is 8.42 Å². The van der Waals surface area contributed by atoms with E-state index in [0.717, 1.165) is 6.42 Å². The maximum Gasteiger partial charge on any atom is 0.255 e. The molecule has 0 aliphatic carbocycles. The molecule has 0 aromatic carbocycles. The van der Waals surface area contributed by atoms with Crippen molar-refractivity contribution >= 4 is 10.0 Å². The highest BCUT2D eigenvalue weighted by Gasteiger charge is 2.13. The first kappa shape index (κ1) is 13.1. The normalized spacial score (nSPS) is 12.8. The molecule has 4 nitrogen and oxygen atoms in total. The second-order valence-electron chi connectivity index (χ2n) is 4.91. The van der Waals surface area contributed by atoms with E-state index in [4.69, 9.17) is 5.14 Å². The van der Waals surface area contributed by atoms with Crippen LogP contribution in [0.1, 0.15) is 32.9 Å². The highest BCUT2D eigenvalue weighted by atomic mass is 32.2. The molecular formula is C11H17N2O2S. The van der Waals surface area contributed by atoms with Crippen molar-refractivity contribution in [1.82, 2.24) is 4.98 Å². The molecule has 0 atom stereocenters. The predicted molar refractivity (Wildman–Crippen MR) is 63.1 cm³/mol. The Morgan fingerprint density at radius 2 is 2.00 bits per heavy atom. The average molecular weight is 241 g/mol. The molecule has 0 unspecified atom stereocenters. The molecule has 0 saturated heterocycles. The lowest BCUT2D eigenvalue weighted by Crippen LogP contribution is -2.14. The van der Waals surface area contributed by atoms with E-state index >= 15 is 0 Å². The number of nitrogens with two attached hydrogens (primary N) is 1. The first-order chi connectivity index (χ1) is 7.18. The number of nitrogens with zero attached hydrogens (tertiary/aromatic N) is 1. The molecule has 0 aliphatic heterocycles. The van der Waals surface area contributed by atoms with Gasteiger partial charge in [0.25, 0.3) is 10.0 Å². The van der Waals surface area contributed by atoms with E-state index in [1.165, 1.54) is 6.07 Å². The molecule has 0 spiro atoms. The Morgan fingerprint density at radius 1 is 1.38 bits per heavy atom. The van der Waals surface area contributed by atoms with E-state index in [1.54, 1.807) is 12.1 Å². The average Bonchev–Trinajstić information content (AvgIpc) is 2.13. The summed E-state index contributed by atoms with van der Waals surface area (Å²) in [7, 11) is -3.71. The second kappa shape index (κ2) is 4.51. The minimum Gasteiger partial charge on any atom is -0.240 e. The van der Waals surface area contributed by atoms with Gasteiger partial charge >= 0.3 is 0 Å². The number of primary sulfonamides is 1. The van der Waals surface area contributed by atoms with Crippen LogP contribution in [0.15, 0.2) is 23.2 Å². The van der Waals surface area contributed by atoms with Gasteiger partial charge < -0.3 is 0 Å². The SMILES string of the molecule is CC(C)(C)C[CH]c1cccc(S(N)(=O)=O)n1. The van der Waals surface area contributed by atoms with Gasteiger partial charge in [0, 0.05) is 12.1 Å². The molecular weight excluding hydrogens is 224 g/mol. The summed E-state index contributed by atoms with van der Waals surface area (Å²) in [6.07, 6.45) is 2.74. The third kappa shape index (κ3) is 4.28. The predicted octanol–water partition coefficient (Wildman–Crippen LogP) is 1.72. The van der Waals surface area contributed by atoms with Crippen LogP contribution in [0.3, 0.4) is 0 Å². The van der Waals surface area contributed by atoms with Gasteiger partial charge in [-0.3, -0.25) is 0 Å². The Morgan fingerprint density at radius 3 is 2.50 bits per heavy atom. The molecule has 0 amide bonds. The summed E-state index contributed by atoms with van der Waals surface area (Å²) in [5.41, 5.74) is 0.792. The van der Waals surface area contributed by atoms with Gasteiger partial charge in [-0.15, -0.1) is 0 Å². The Kier molecular flexibility index (Phi) is 3.70. The first-order valence-corrected chi connectivity index (χ1v) is 6.56. The zero-order valence-corrected chi connectivity index (χ0v) is 10.6. The fourth-order valence-corrected chi connectivity index (χ4v) is 1.61. The summed E-state index contributed by atoms with van der Waals surface area (Å²) < 4.78 is 22.2. The van der Waals surface area contributed by atoms with Gasteiger partial charge in [-0.1, -0.05) is 26.8 Å². The quantitative estimate of drug-likeness (QED) is 0.875. The van der Waals surface area contributed by atoms with Crippen LogP contribution in [-0.4, -0.2) is 13.4 Å². The third-order valence-electron chi connectivity index (χ3n) is 1.96. The van der Waals surface area contributed by atoms with E-state index in [-0.39, 0.29) is 10.4 Å². The number of sulfonamides is 1. The van der Waals surface area contributed by atoms with Crippen LogP contribution in [0.25, 0.3) is 0 Å². The van der Waals surface area contributed by atoms with Crippen molar-refractivity contribution in [2.75, 3.05) is 0 Å². The molecule has 89 valence electrons. The molecule has 1 heterocycles. The number of pyridine rings is 1. The standard InChI is InChI=1S/C11H17N2O2S/c1-11(2,3)8-7-9-5-4-6-10(13-9)16(12,14)15/h4-7H,8H2,1-3H3,(H2,12,14,15). The highest BCUT2D eigenvalue weighted by Crippen LogP contribution is 2.22. The van der Waals surface area contributed by atoms with Crippen LogP contribution in [-0.2, 0) is 10.0 Å². The highest BCUT2D eigenvalue weighted by molar-refractivity contribution is 7.89. The zero-order chi connectivity index (χ0) is 12.4. The van der Waals surface area contributed by atoms with Crippen LogP contribution < -0.4 is 5.14 Å². The Bertz CT molecular complexity index is 461. The lowest BCUT2D eigenvalue weighted by Gasteiger charge is -2.17. The van der Waals surface area contributed by atoms with Gasteiger partial charge in [0.15, 0.2) is 5.03 Å². The summed E-state index contributed by atoms with van der Waals surface area (Å²) in [4.78, 5) is 3.98. The van der Waals surface area contributed by atoms with Gasteiger partial charge in [-0.2, -0.15) is 0 Å². The summed E-state index contributed by atoms with van der Waals surface area (Å²) >= 11 is 0. The Labute approximate surface area is 96.9 Å². The molecule has 1 aromatic rings. The van der Waals surface area contributed by atoms with Crippen molar-refractivity contribution in [2.45, 2.75) is 32.2 Å². The molecule has 0 fully saturated rings. The van der Waals surface area contributed by atoms with Crippen molar-refractivity contribution in [3.05, 3.63) is 30.3 Å². The Balaban J connectivity index is 2.84. The molecule has 5 heteroatoms. The molecule has 0 aliphatic rings. The maximum atomic E-state index is 11.1. The van der Waals surface area contributed by atoms with Crippen molar-refractivity contribution in [3.63, 3.8) is 0 Å². The molecule has 1 rings (SSSR count). The topological polar surface area (TPSA) is 73.1 Å². The van der Waals surface area contributed by atoms with Gasteiger partial charge in [-0.05, 0) is 24.0 Å². The fourth-order valence-electron chi connectivity index (χ4n) is 1.11. The lowest BCUT2D eigenvalue weighted by molar-refractivity contribution is 0.408. The lowest BCUT2D eigenvalue weighted by atomic mass is 9.90. The molecule has 0 saturated carbocycles. The maximum absolute atomic E-state index is 11.1. The van der Waals surface area contributed by atoms with Crippen molar-refractivity contribution in [3.8, 4) is 0 Å². The number of aromatic nitrogens is 1. The van der Waals surface area contributed by atoms with E-state index in [0.29, 0.717) is 5.69 Å². The largest absolute Gasteiger partial charge is 0.255 e. The molecule has 1 aromatic heterocycles. The number of rotatable bonds is 3. The zero-order valence-electron chi connectivity index (χ0n) is 9.77. The monoisotopic (exact) mass is 241 g/mol. The second-order valence-corrected chi connectivity index (χ2v) is 6.42. The van der Waals surface area contributed by atoms with Gasteiger partial charge in [0.2, 0.25) is 0 Å². The van der Waals surface area contributed by atoms with Gasteiger partial charge in [0.05, 0.1) is 0 Å². The van der Waals surface area contributed by atoms with Crippen LogP contribution in [0.5, 0.6) is 0 Å². The minimum absolute atomic E-state index is 0.0878. The fraction of sp³-hybridized carbons (Fsp3) is 0.455. The first-order valence-electron chi connectivity index (χ1n) is 5.01. The van der Waals surface area contributed by atoms with Gasteiger partial charge in [0.1, 0.15) is 0 Å². The van der Waals surface area contributed by atoms with Crippen molar-refractivity contribution in [2.24, 2.45) is 10.6 Å². The summed E-state index contributed by atoms with van der Waals surface area (Å²) in [6, 6.07) is 4.80. The summed E-state index contributed by atoms with van der Waals surface area (Å²) in [6.45, 7) is 6.31. The molecule has 16 heavy (non-hydrogen) atoms. The summed E-state index contributed by atoms with van der Waals surface area (Å²) in [5.74, 6) is 0. The molecule has 0 bridgehead atoms.